The minimum atomic E-state index is 0.00817. The third kappa shape index (κ3) is 4.69. The molecule has 0 aliphatic heterocycles. The number of hydrogen-bond donors (Lipinski definition) is 1. The van der Waals surface area contributed by atoms with E-state index in [4.69, 9.17) is 0 Å². The topological polar surface area (TPSA) is 29.1 Å². The molecule has 128 valence electrons. The summed E-state index contributed by atoms with van der Waals surface area (Å²) in [5.74, 6) is 0.126. The summed E-state index contributed by atoms with van der Waals surface area (Å²) in [6, 6.07) is 24.6. The molecule has 0 spiro atoms. The first-order valence-electron chi connectivity index (χ1n) is 9.10. The fourth-order valence-corrected chi connectivity index (χ4v) is 3.19. The standard InChI is InChI=1S/C23H25NO/c1-2-3-11-21(16-18-9-5-4-6-10-18)23(25)24-22-15-14-19-12-7-8-13-20(19)17-22/h4-10,12-15,17,21H,2-3,11,16H2,1H3,(H,24,25)/t21-/m1/s1. The van der Waals surface area contributed by atoms with Crippen LogP contribution in [-0.4, -0.2) is 5.91 Å². The average Bonchev–Trinajstić information content (AvgIpc) is 2.65. The van der Waals surface area contributed by atoms with E-state index in [-0.39, 0.29) is 11.8 Å². The Kier molecular flexibility index (Phi) is 5.84. The molecule has 0 bridgehead atoms. The fraction of sp³-hybridized carbons (Fsp3) is 0.261. The lowest BCUT2D eigenvalue weighted by molar-refractivity contribution is -0.120. The molecule has 3 aromatic carbocycles. The van der Waals surface area contributed by atoms with E-state index in [0.29, 0.717) is 0 Å². The average molecular weight is 331 g/mol. The summed E-state index contributed by atoms with van der Waals surface area (Å²) >= 11 is 0. The molecule has 0 radical (unpaired) electrons. The zero-order valence-electron chi connectivity index (χ0n) is 14.7. The highest BCUT2D eigenvalue weighted by Crippen LogP contribution is 2.22. The van der Waals surface area contributed by atoms with Crippen LogP contribution < -0.4 is 5.32 Å². The van der Waals surface area contributed by atoms with Gasteiger partial charge in [-0.1, -0.05) is 80.4 Å². The largest absolute Gasteiger partial charge is 0.326 e. The quantitative estimate of drug-likeness (QED) is 0.580. The molecule has 0 fully saturated rings. The molecule has 3 aromatic rings. The van der Waals surface area contributed by atoms with Crippen LogP contribution in [0.5, 0.6) is 0 Å². The van der Waals surface area contributed by atoms with Gasteiger partial charge in [0.05, 0.1) is 0 Å². The SMILES string of the molecule is CCCC[C@H](Cc1ccccc1)C(=O)Nc1ccc2ccccc2c1. The smallest absolute Gasteiger partial charge is 0.227 e. The Morgan fingerprint density at radius 3 is 2.40 bits per heavy atom. The zero-order valence-corrected chi connectivity index (χ0v) is 14.7. The van der Waals surface area contributed by atoms with Crippen molar-refractivity contribution in [1.82, 2.24) is 0 Å². The number of rotatable bonds is 7. The van der Waals surface area contributed by atoms with Crippen LogP contribution in [-0.2, 0) is 11.2 Å². The number of benzene rings is 3. The van der Waals surface area contributed by atoms with Gasteiger partial charge in [0.25, 0.3) is 0 Å². The number of carbonyl (C=O) groups is 1. The van der Waals surface area contributed by atoms with Gasteiger partial charge in [-0.3, -0.25) is 4.79 Å². The second kappa shape index (κ2) is 8.48. The molecule has 0 aliphatic carbocycles. The predicted molar refractivity (Wildman–Crippen MR) is 106 cm³/mol. The maximum atomic E-state index is 12.8. The molecule has 1 amide bonds. The minimum Gasteiger partial charge on any atom is -0.326 e. The second-order valence-corrected chi connectivity index (χ2v) is 6.58. The Morgan fingerprint density at radius 1 is 0.920 bits per heavy atom. The molecule has 2 heteroatoms. The van der Waals surface area contributed by atoms with Gasteiger partial charge in [0, 0.05) is 11.6 Å². The summed E-state index contributed by atoms with van der Waals surface area (Å²) in [5.41, 5.74) is 2.09. The molecule has 1 atom stereocenters. The van der Waals surface area contributed by atoms with Crippen molar-refractivity contribution in [3.63, 3.8) is 0 Å². The van der Waals surface area contributed by atoms with E-state index in [9.17, 15) is 4.79 Å². The third-order valence-corrected chi connectivity index (χ3v) is 4.62. The van der Waals surface area contributed by atoms with Crippen LogP contribution >= 0.6 is 0 Å². The number of hydrogen-bond acceptors (Lipinski definition) is 1. The van der Waals surface area contributed by atoms with Gasteiger partial charge in [-0.15, -0.1) is 0 Å². The summed E-state index contributed by atoms with van der Waals surface area (Å²) in [7, 11) is 0. The summed E-state index contributed by atoms with van der Waals surface area (Å²) in [4.78, 5) is 12.8. The molecular weight excluding hydrogens is 306 g/mol. The molecule has 1 N–H and O–H groups in total. The molecule has 0 unspecified atom stereocenters. The molecule has 2 nitrogen and oxygen atoms in total. The molecule has 0 saturated carbocycles. The van der Waals surface area contributed by atoms with Crippen molar-refractivity contribution in [3.8, 4) is 0 Å². The molecule has 3 rings (SSSR count). The maximum Gasteiger partial charge on any atom is 0.227 e. The van der Waals surface area contributed by atoms with Crippen molar-refractivity contribution >= 4 is 22.4 Å². The summed E-state index contributed by atoms with van der Waals surface area (Å²) in [5, 5.41) is 5.46. The van der Waals surface area contributed by atoms with Crippen LogP contribution in [0.4, 0.5) is 5.69 Å². The molecular formula is C23H25NO. The highest BCUT2D eigenvalue weighted by atomic mass is 16.1. The van der Waals surface area contributed by atoms with E-state index in [1.54, 1.807) is 0 Å². The minimum absolute atomic E-state index is 0.00817. The lowest BCUT2D eigenvalue weighted by atomic mass is 9.93. The van der Waals surface area contributed by atoms with E-state index < -0.39 is 0 Å². The summed E-state index contributed by atoms with van der Waals surface area (Å²) in [6.45, 7) is 2.17. The number of carbonyl (C=O) groups excluding carboxylic acids is 1. The van der Waals surface area contributed by atoms with Crippen LogP contribution in [0.2, 0.25) is 0 Å². The Hall–Kier alpha value is -2.61. The van der Waals surface area contributed by atoms with E-state index >= 15 is 0 Å². The van der Waals surface area contributed by atoms with E-state index in [1.807, 2.05) is 42.5 Å². The Morgan fingerprint density at radius 2 is 1.64 bits per heavy atom. The Bertz CT molecular complexity index is 826. The summed E-state index contributed by atoms with van der Waals surface area (Å²) < 4.78 is 0. The van der Waals surface area contributed by atoms with Gasteiger partial charge in [-0.2, -0.15) is 0 Å². The van der Waals surface area contributed by atoms with Crippen LogP contribution in [0.3, 0.4) is 0 Å². The normalized spacial score (nSPS) is 12.0. The van der Waals surface area contributed by atoms with Gasteiger partial charge in [-0.25, -0.2) is 0 Å². The van der Waals surface area contributed by atoms with E-state index in [2.05, 4.69) is 42.6 Å². The lowest BCUT2D eigenvalue weighted by Crippen LogP contribution is -2.24. The number of amides is 1. The number of nitrogens with one attached hydrogen (secondary N) is 1. The van der Waals surface area contributed by atoms with Gasteiger partial charge in [0.1, 0.15) is 0 Å². The van der Waals surface area contributed by atoms with Crippen molar-refractivity contribution < 1.29 is 4.79 Å². The Labute approximate surface area is 149 Å². The van der Waals surface area contributed by atoms with Crippen molar-refractivity contribution in [2.75, 3.05) is 5.32 Å². The maximum absolute atomic E-state index is 12.8. The monoisotopic (exact) mass is 331 g/mol. The lowest BCUT2D eigenvalue weighted by Gasteiger charge is -2.17. The van der Waals surface area contributed by atoms with E-state index in [1.165, 1.54) is 10.9 Å². The van der Waals surface area contributed by atoms with Crippen molar-refractivity contribution in [2.24, 2.45) is 5.92 Å². The van der Waals surface area contributed by atoms with Crippen LogP contribution in [0.15, 0.2) is 72.8 Å². The number of unbranched alkanes of at least 4 members (excludes halogenated alkanes) is 1. The van der Waals surface area contributed by atoms with E-state index in [0.717, 1.165) is 36.8 Å². The van der Waals surface area contributed by atoms with Crippen LogP contribution in [0, 0.1) is 5.92 Å². The first-order chi connectivity index (χ1) is 12.3. The fourth-order valence-electron chi connectivity index (χ4n) is 3.19. The first-order valence-corrected chi connectivity index (χ1v) is 9.10. The first kappa shape index (κ1) is 17.2. The number of anilines is 1. The highest BCUT2D eigenvalue weighted by Gasteiger charge is 2.18. The summed E-state index contributed by atoms with van der Waals surface area (Å²) in [6.07, 6.45) is 3.89. The van der Waals surface area contributed by atoms with Crippen molar-refractivity contribution in [1.29, 1.82) is 0 Å². The molecule has 0 heterocycles. The van der Waals surface area contributed by atoms with Crippen molar-refractivity contribution in [3.05, 3.63) is 78.4 Å². The second-order valence-electron chi connectivity index (χ2n) is 6.58. The van der Waals surface area contributed by atoms with Gasteiger partial charge in [0.2, 0.25) is 5.91 Å². The zero-order chi connectivity index (χ0) is 17.5. The molecule has 0 aromatic heterocycles. The molecule has 0 aliphatic rings. The highest BCUT2D eigenvalue weighted by molar-refractivity contribution is 5.95. The van der Waals surface area contributed by atoms with Gasteiger partial charge >= 0.3 is 0 Å². The Balaban J connectivity index is 1.73. The van der Waals surface area contributed by atoms with Crippen LogP contribution in [0.25, 0.3) is 10.8 Å². The van der Waals surface area contributed by atoms with Crippen LogP contribution in [0.1, 0.15) is 31.7 Å². The molecule has 0 saturated heterocycles. The van der Waals surface area contributed by atoms with Gasteiger partial charge < -0.3 is 5.32 Å². The predicted octanol–water partition coefficient (Wildman–Crippen LogP) is 5.83. The van der Waals surface area contributed by atoms with Crippen molar-refractivity contribution in [2.45, 2.75) is 32.6 Å². The third-order valence-electron chi connectivity index (χ3n) is 4.62. The molecule has 25 heavy (non-hydrogen) atoms. The number of fused-ring (bicyclic) bond motifs is 1. The van der Waals surface area contributed by atoms with Gasteiger partial charge in [0.15, 0.2) is 0 Å². The van der Waals surface area contributed by atoms with Gasteiger partial charge in [-0.05, 0) is 41.3 Å².